The van der Waals surface area contributed by atoms with Gasteiger partial charge in [0.1, 0.15) is 35.1 Å². The lowest BCUT2D eigenvalue weighted by Gasteiger charge is -2.36. The van der Waals surface area contributed by atoms with Gasteiger partial charge in [0.05, 0.1) is 18.9 Å². The van der Waals surface area contributed by atoms with Crippen molar-refractivity contribution < 1.29 is 41.8 Å². The third-order valence-corrected chi connectivity index (χ3v) is 10.8. The van der Waals surface area contributed by atoms with Crippen LogP contribution in [0, 0.1) is 11.3 Å². The monoisotopic (exact) mass is 717 g/mol. The van der Waals surface area contributed by atoms with E-state index < -0.39 is 73.8 Å². The van der Waals surface area contributed by atoms with Crippen LogP contribution in [-0.2, 0) is 29.1 Å². The molecule has 14 nitrogen and oxygen atoms in total. The molecule has 5 unspecified atom stereocenters. The number of rotatable bonds is 11. The van der Waals surface area contributed by atoms with Crippen LogP contribution in [0.5, 0.6) is 11.6 Å². The molecular weight excluding hydrogens is 666 g/mol. The first-order chi connectivity index (χ1) is 23.1. The summed E-state index contributed by atoms with van der Waals surface area (Å²) in [6.07, 6.45) is 0.879. The zero-order valence-electron chi connectivity index (χ0n) is 30.6. The number of ether oxygens (including phenoxy) is 3. The quantitative estimate of drug-likeness (QED) is 0.310. The molecule has 2 aliphatic rings. The third kappa shape index (κ3) is 8.59. The Morgan fingerprint density at radius 3 is 2.32 bits per heavy atom. The van der Waals surface area contributed by atoms with Gasteiger partial charge in [-0.15, -0.1) is 0 Å². The van der Waals surface area contributed by atoms with Crippen molar-refractivity contribution in [3.05, 3.63) is 30.5 Å². The number of hydrogen-bond acceptors (Lipinski definition) is 10. The highest BCUT2D eigenvalue weighted by Crippen LogP contribution is 2.46. The second-order valence-corrected chi connectivity index (χ2v) is 17.7. The van der Waals surface area contributed by atoms with Gasteiger partial charge in [0.25, 0.3) is 5.91 Å². The number of sulfonamides is 1. The average Bonchev–Trinajstić information content (AvgIpc) is 3.56. The van der Waals surface area contributed by atoms with Gasteiger partial charge in [-0.3, -0.25) is 19.1 Å². The topological polar surface area (TPSA) is 182 Å². The summed E-state index contributed by atoms with van der Waals surface area (Å²) >= 11 is 0. The first kappa shape index (κ1) is 38.7. The molecule has 50 heavy (non-hydrogen) atoms. The maximum absolute atomic E-state index is 14.4. The van der Waals surface area contributed by atoms with Crippen molar-refractivity contribution in [1.29, 1.82) is 0 Å². The van der Waals surface area contributed by atoms with Crippen LogP contribution in [-0.4, -0.2) is 90.3 Å². The Morgan fingerprint density at radius 1 is 1.08 bits per heavy atom. The number of nitrogens with zero attached hydrogens (tertiary/aromatic N) is 2. The van der Waals surface area contributed by atoms with Crippen molar-refractivity contribution in [3.8, 4) is 11.6 Å². The molecule has 1 aliphatic heterocycles. The highest BCUT2D eigenvalue weighted by Gasteiger charge is 2.62. The third-order valence-electron chi connectivity index (χ3n) is 9.04. The molecule has 15 heteroatoms. The van der Waals surface area contributed by atoms with Crippen LogP contribution >= 0.6 is 0 Å². The highest BCUT2D eigenvalue weighted by molar-refractivity contribution is 7.90. The lowest BCUT2D eigenvalue weighted by atomic mass is 9.85. The minimum atomic E-state index is -3.97. The standard InChI is InChI=1S/C35H51N5O9S/c1-11-22-18-35(22,31(43)39-50(45,46)20(2)3)38-28(41)26-17-24(48-29-25-13-12-23(47-10)16-21(25)14-15-36-29)19-40(26)30(42)27(33(4,5)6)37-32(44)49-34(7,8)9/h12-16,20,22,24,26-27H,11,17-19H2,1-10H3,(H,37,44)(H,38,41)(H,39,43). The Balaban J connectivity index is 1.67. The number of carbonyl (C=O) groups is 4. The van der Waals surface area contributed by atoms with Crippen LogP contribution in [0.4, 0.5) is 4.79 Å². The number of alkyl carbamates (subject to hydrolysis) is 1. The number of benzene rings is 1. The second-order valence-electron chi connectivity index (χ2n) is 15.4. The summed E-state index contributed by atoms with van der Waals surface area (Å²) in [6.45, 7) is 15.2. The lowest BCUT2D eigenvalue weighted by molar-refractivity contribution is -0.143. The van der Waals surface area contributed by atoms with Gasteiger partial charge in [-0.1, -0.05) is 34.1 Å². The van der Waals surface area contributed by atoms with Gasteiger partial charge in [-0.25, -0.2) is 18.2 Å². The SMILES string of the molecule is CCC1CC1(NC(=O)C1CC(Oc2nccc3cc(OC)ccc23)CN1C(=O)C(NC(=O)OC(C)(C)C)C(C)(C)C)C(=O)NS(=O)(=O)C(C)C. The molecule has 0 bridgehead atoms. The molecule has 4 amide bonds. The smallest absolute Gasteiger partial charge is 0.408 e. The number of methoxy groups -OCH3 is 1. The predicted molar refractivity (Wildman–Crippen MR) is 187 cm³/mol. The fraction of sp³-hybridized carbons (Fsp3) is 0.629. The minimum Gasteiger partial charge on any atom is -0.497 e. The molecule has 1 aromatic heterocycles. The Kier molecular flexibility index (Phi) is 11.0. The summed E-state index contributed by atoms with van der Waals surface area (Å²) in [6, 6.07) is 5.00. The predicted octanol–water partition coefficient (Wildman–Crippen LogP) is 3.67. The summed E-state index contributed by atoms with van der Waals surface area (Å²) in [4.78, 5) is 60.8. The average molecular weight is 718 g/mol. The second kappa shape index (κ2) is 14.2. The van der Waals surface area contributed by atoms with Crippen molar-refractivity contribution >= 4 is 44.6 Å². The number of hydrogen-bond donors (Lipinski definition) is 3. The maximum Gasteiger partial charge on any atom is 0.408 e. The van der Waals surface area contributed by atoms with E-state index in [0.717, 1.165) is 5.39 Å². The highest BCUT2D eigenvalue weighted by atomic mass is 32.2. The zero-order valence-corrected chi connectivity index (χ0v) is 31.4. The molecule has 276 valence electrons. The summed E-state index contributed by atoms with van der Waals surface area (Å²) in [5, 5.41) is 6.17. The molecule has 2 fully saturated rings. The van der Waals surface area contributed by atoms with Crippen LogP contribution in [0.15, 0.2) is 30.5 Å². The van der Waals surface area contributed by atoms with Crippen molar-refractivity contribution in [2.45, 2.75) is 116 Å². The van der Waals surface area contributed by atoms with Crippen molar-refractivity contribution in [2.75, 3.05) is 13.7 Å². The summed E-state index contributed by atoms with van der Waals surface area (Å²) in [5.74, 6) is -1.36. The summed E-state index contributed by atoms with van der Waals surface area (Å²) < 4.78 is 44.5. The molecule has 0 radical (unpaired) electrons. The molecule has 1 aliphatic carbocycles. The molecule has 1 aromatic carbocycles. The van der Waals surface area contributed by atoms with E-state index in [1.165, 1.54) is 18.7 Å². The van der Waals surface area contributed by atoms with Gasteiger partial charge in [0.15, 0.2) is 0 Å². The zero-order chi connectivity index (χ0) is 37.4. The molecule has 1 saturated heterocycles. The fourth-order valence-corrected chi connectivity index (χ4v) is 6.75. The van der Waals surface area contributed by atoms with Crippen LogP contribution < -0.4 is 24.8 Å². The first-order valence-corrected chi connectivity index (χ1v) is 18.4. The van der Waals surface area contributed by atoms with E-state index in [-0.39, 0.29) is 25.3 Å². The van der Waals surface area contributed by atoms with Crippen molar-refractivity contribution in [3.63, 3.8) is 0 Å². The van der Waals surface area contributed by atoms with Crippen LogP contribution in [0.2, 0.25) is 0 Å². The largest absolute Gasteiger partial charge is 0.497 e. The van der Waals surface area contributed by atoms with Crippen LogP contribution in [0.3, 0.4) is 0 Å². The molecule has 5 atom stereocenters. The first-order valence-electron chi connectivity index (χ1n) is 16.9. The molecule has 0 spiro atoms. The normalized spacial score (nSPS) is 22.9. The van der Waals surface area contributed by atoms with E-state index in [0.29, 0.717) is 23.4 Å². The molecule has 1 saturated carbocycles. The Hall–Kier alpha value is -4.14. The number of carbonyl (C=O) groups excluding carboxylic acids is 4. The summed E-state index contributed by atoms with van der Waals surface area (Å²) in [5.41, 5.74) is -3.09. The molecule has 4 rings (SSSR count). The molecule has 2 heterocycles. The van der Waals surface area contributed by atoms with Crippen LogP contribution in [0.1, 0.15) is 81.6 Å². The van der Waals surface area contributed by atoms with Gasteiger partial charge in [-0.2, -0.15) is 0 Å². The number of aromatic nitrogens is 1. The lowest BCUT2D eigenvalue weighted by Crippen LogP contribution is -2.60. The maximum atomic E-state index is 14.4. The Labute approximate surface area is 294 Å². The van der Waals surface area contributed by atoms with E-state index in [1.54, 1.807) is 60.9 Å². The number of fused-ring (bicyclic) bond motifs is 1. The van der Waals surface area contributed by atoms with Gasteiger partial charge < -0.3 is 29.7 Å². The number of nitrogens with one attached hydrogen (secondary N) is 3. The molecular formula is C35H51N5O9S. The fourth-order valence-electron chi connectivity index (χ4n) is 6.07. The van der Waals surface area contributed by atoms with Crippen molar-refractivity contribution in [1.82, 2.24) is 25.2 Å². The van der Waals surface area contributed by atoms with Gasteiger partial charge in [0, 0.05) is 18.0 Å². The number of amides is 4. The number of pyridine rings is 1. The number of likely N-dealkylation sites (tertiary alicyclic amines) is 1. The van der Waals surface area contributed by atoms with Crippen LogP contribution in [0.25, 0.3) is 10.8 Å². The Bertz CT molecular complexity index is 1730. The minimum absolute atomic E-state index is 0.0356. The van der Waals surface area contributed by atoms with E-state index in [1.807, 2.05) is 25.1 Å². The summed E-state index contributed by atoms with van der Waals surface area (Å²) in [7, 11) is -2.40. The van der Waals surface area contributed by atoms with Gasteiger partial charge >= 0.3 is 6.09 Å². The molecule has 3 N–H and O–H groups in total. The van der Waals surface area contributed by atoms with E-state index >= 15 is 0 Å². The van der Waals surface area contributed by atoms with Gasteiger partial charge in [-0.05, 0) is 82.0 Å². The van der Waals surface area contributed by atoms with E-state index in [4.69, 9.17) is 14.2 Å². The van der Waals surface area contributed by atoms with E-state index in [2.05, 4.69) is 20.3 Å². The Morgan fingerprint density at radius 2 is 1.76 bits per heavy atom. The molecule has 2 aromatic rings. The van der Waals surface area contributed by atoms with Gasteiger partial charge in [0.2, 0.25) is 27.7 Å². The van der Waals surface area contributed by atoms with Crippen molar-refractivity contribution in [2.24, 2.45) is 11.3 Å². The van der Waals surface area contributed by atoms with E-state index in [9.17, 15) is 27.6 Å².